The van der Waals surface area contributed by atoms with E-state index in [9.17, 15) is 9.59 Å². The first-order chi connectivity index (χ1) is 30.6. The lowest BCUT2D eigenvalue weighted by molar-refractivity contribution is -0.163. The Hall–Kier alpha value is -3.44. The first-order valence-electron chi connectivity index (χ1n) is 25.4. The highest BCUT2D eigenvalue weighted by molar-refractivity contribution is 5.70. The van der Waals surface area contributed by atoms with Crippen molar-refractivity contribution in [3.8, 4) is 0 Å². The molecule has 0 spiro atoms. The van der Waals surface area contributed by atoms with Gasteiger partial charge in [0.2, 0.25) is 0 Å². The summed E-state index contributed by atoms with van der Waals surface area (Å²) in [4.78, 5) is 25.4. The van der Waals surface area contributed by atoms with E-state index in [1.165, 1.54) is 51.4 Å². The summed E-state index contributed by atoms with van der Waals surface area (Å²) in [5.41, 5.74) is 0. The minimum atomic E-state index is -0.569. The Balaban J connectivity index is 4.35. The summed E-state index contributed by atoms with van der Waals surface area (Å²) in [7, 11) is 0. The van der Waals surface area contributed by atoms with Crippen LogP contribution in [0.15, 0.2) is 109 Å². The summed E-state index contributed by atoms with van der Waals surface area (Å²) >= 11 is 0. The van der Waals surface area contributed by atoms with Gasteiger partial charge in [-0.2, -0.15) is 0 Å². The molecule has 5 nitrogen and oxygen atoms in total. The van der Waals surface area contributed by atoms with Crippen LogP contribution < -0.4 is 0 Å². The Morgan fingerprint density at radius 1 is 0.355 bits per heavy atom. The number of carbonyl (C=O) groups is 2. The predicted molar refractivity (Wildman–Crippen MR) is 269 cm³/mol. The van der Waals surface area contributed by atoms with Crippen molar-refractivity contribution in [3.63, 3.8) is 0 Å². The lowest BCUT2D eigenvalue weighted by atomic mass is 10.1. The zero-order valence-corrected chi connectivity index (χ0v) is 40.3. The van der Waals surface area contributed by atoms with Crippen LogP contribution in [0, 0.1) is 0 Å². The van der Waals surface area contributed by atoms with Gasteiger partial charge in [0.15, 0.2) is 6.10 Å². The molecule has 352 valence electrons. The van der Waals surface area contributed by atoms with Crippen LogP contribution in [0.1, 0.15) is 213 Å². The van der Waals surface area contributed by atoms with Crippen molar-refractivity contribution in [2.24, 2.45) is 0 Å². The van der Waals surface area contributed by atoms with Crippen molar-refractivity contribution < 1.29 is 23.8 Å². The number of rotatable bonds is 45. The number of hydrogen-bond acceptors (Lipinski definition) is 5. The highest BCUT2D eigenvalue weighted by Gasteiger charge is 2.17. The highest BCUT2D eigenvalue weighted by Crippen LogP contribution is 2.13. The molecule has 0 aromatic carbocycles. The van der Waals surface area contributed by atoms with E-state index in [0.717, 1.165) is 128 Å². The van der Waals surface area contributed by atoms with Crippen molar-refractivity contribution >= 4 is 11.9 Å². The number of ether oxygens (including phenoxy) is 3. The van der Waals surface area contributed by atoms with Gasteiger partial charge in [0, 0.05) is 19.4 Å². The molecule has 0 aliphatic rings. The maximum Gasteiger partial charge on any atom is 0.306 e. The van der Waals surface area contributed by atoms with E-state index in [-0.39, 0.29) is 25.2 Å². The number of unbranched alkanes of at least 4 members (excludes halogenated alkanes) is 16. The number of carbonyl (C=O) groups excluding carboxylic acids is 2. The van der Waals surface area contributed by atoms with E-state index in [0.29, 0.717) is 19.4 Å². The molecule has 0 bridgehead atoms. The molecular weight excluding hydrogens is 765 g/mol. The second-order valence-corrected chi connectivity index (χ2v) is 16.3. The normalized spacial score (nSPS) is 13.1. The quantitative estimate of drug-likeness (QED) is 0.0347. The van der Waals surface area contributed by atoms with E-state index < -0.39 is 6.10 Å². The second kappa shape index (κ2) is 51.9. The summed E-state index contributed by atoms with van der Waals surface area (Å²) in [5, 5.41) is 0. The van der Waals surface area contributed by atoms with Gasteiger partial charge in [-0.15, -0.1) is 0 Å². The van der Waals surface area contributed by atoms with Gasteiger partial charge < -0.3 is 14.2 Å². The minimum absolute atomic E-state index is 0.0563. The van der Waals surface area contributed by atoms with Crippen LogP contribution in [0.25, 0.3) is 0 Å². The van der Waals surface area contributed by atoms with Crippen molar-refractivity contribution in [1.29, 1.82) is 0 Å². The molecule has 0 aliphatic heterocycles. The Bertz CT molecular complexity index is 1250. The first kappa shape index (κ1) is 58.6. The molecule has 1 unspecified atom stereocenters. The zero-order chi connectivity index (χ0) is 44.9. The number of esters is 2. The zero-order valence-electron chi connectivity index (χ0n) is 40.3. The maximum atomic E-state index is 12.8. The Labute approximate surface area is 383 Å². The predicted octanol–water partition coefficient (Wildman–Crippen LogP) is 17.2. The summed E-state index contributed by atoms with van der Waals surface area (Å²) in [6.07, 6.45) is 71.0. The van der Waals surface area contributed by atoms with Gasteiger partial charge in [0.05, 0.1) is 6.61 Å². The van der Waals surface area contributed by atoms with Gasteiger partial charge >= 0.3 is 11.9 Å². The molecule has 1 atom stereocenters. The molecule has 0 rings (SSSR count). The fourth-order valence-electron chi connectivity index (χ4n) is 6.61. The first-order valence-corrected chi connectivity index (χ1v) is 25.4. The van der Waals surface area contributed by atoms with Crippen molar-refractivity contribution in [1.82, 2.24) is 0 Å². The molecule has 0 fully saturated rings. The largest absolute Gasteiger partial charge is 0.462 e. The lowest BCUT2D eigenvalue weighted by Gasteiger charge is -2.18. The SMILES string of the molecule is CC/C=C\C/C=C\C/C=C\CCCCCCCCCC(=O)OCC(COCCCCCCCC/C=C\C/C=C\C/C=C\CC)OC(=O)CCCCC/C=C\C/C=C\C/C=C\CC. The van der Waals surface area contributed by atoms with Crippen LogP contribution in [0.2, 0.25) is 0 Å². The van der Waals surface area contributed by atoms with Crippen LogP contribution in [0.4, 0.5) is 0 Å². The van der Waals surface area contributed by atoms with Crippen LogP contribution >= 0.6 is 0 Å². The van der Waals surface area contributed by atoms with Crippen LogP contribution in [0.5, 0.6) is 0 Å². The van der Waals surface area contributed by atoms with Crippen molar-refractivity contribution in [2.45, 2.75) is 219 Å². The molecule has 0 amide bonds. The van der Waals surface area contributed by atoms with Gasteiger partial charge in [-0.25, -0.2) is 0 Å². The summed E-state index contributed by atoms with van der Waals surface area (Å²) in [6.45, 7) is 7.41. The molecule has 5 heteroatoms. The third-order valence-electron chi connectivity index (χ3n) is 10.3. The van der Waals surface area contributed by atoms with Gasteiger partial charge in [-0.05, 0) is 116 Å². The van der Waals surface area contributed by atoms with Gasteiger partial charge in [-0.1, -0.05) is 194 Å². The summed E-state index contributed by atoms with van der Waals surface area (Å²) in [6, 6.07) is 0. The van der Waals surface area contributed by atoms with Crippen LogP contribution in [-0.2, 0) is 23.8 Å². The molecule has 0 aromatic rings. The molecular formula is C57H94O5. The Morgan fingerprint density at radius 3 is 1.10 bits per heavy atom. The minimum Gasteiger partial charge on any atom is -0.462 e. The molecule has 0 saturated heterocycles. The van der Waals surface area contributed by atoms with Crippen molar-refractivity contribution in [2.75, 3.05) is 19.8 Å². The molecule has 0 N–H and O–H groups in total. The number of allylic oxidation sites excluding steroid dienone is 18. The average Bonchev–Trinajstić information content (AvgIpc) is 3.27. The molecule has 0 heterocycles. The summed E-state index contributed by atoms with van der Waals surface area (Å²) < 4.78 is 17.4. The maximum absolute atomic E-state index is 12.8. The Morgan fingerprint density at radius 2 is 0.677 bits per heavy atom. The van der Waals surface area contributed by atoms with E-state index in [1.807, 2.05) is 0 Å². The van der Waals surface area contributed by atoms with Crippen LogP contribution in [0.3, 0.4) is 0 Å². The number of hydrogen-bond donors (Lipinski definition) is 0. The molecule has 0 saturated carbocycles. The second-order valence-electron chi connectivity index (χ2n) is 16.3. The lowest BCUT2D eigenvalue weighted by Crippen LogP contribution is -2.30. The smallest absolute Gasteiger partial charge is 0.306 e. The van der Waals surface area contributed by atoms with E-state index in [4.69, 9.17) is 14.2 Å². The fourth-order valence-corrected chi connectivity index (χ4v) is 6.61. The highest BCUT2D eigenvalue weighted by atomic mass is 16.6. The molecule has 0 radical (unpaired) electrons. The third kappa shape index (κ3) is 49.2. The third-order valence-corrected chi connectivity index (χ3v) is 10.3. The van der Waals surface area contributed by atoms with Gasteiger partial charge in [0.25, 0.3) is 0 Å². The van der Waals surface area contributed by atoms with Gasteiger partial charge in [-0.3, -0.25) is 9.59 Å². The fraction of sp³-hybridized carbons (Fsp3) is 0.649. The van der Waals surface area contributed by atoms with E-state index >= 15 is 0 Å². The van der Waals surface area contributed by atoms with E-state index in [1.54, 1.807) is 0 Å². The molecule has 0 aromatic heterocycles. The van der Waals surface area contributed by atoms with E-state index in [2.05, 4.69) is 130 Å². The van der Waals surface area contributed by atoms with Crippen molar-refractivity contribution in [3.05, 3.63) is 109 Å². The summed E-state index contributed by atoms with van der Waals surface area (Å²) in [5.74, 6) is -0.456. The van der Waals surface area contributed by atoms with Crippen LogP contribution in [-0.4, -0.2) is 37.9 Å². The monoisotopic (exact) mass is 859 g/mol. The molecule has 0 aliphatic carbocycles. The standard InChI is InChI=1S/C57H94O5/c1-4-7-10-13-16-19-22-25-27-29-30-33-35-38-41-44-47-50-56(58)61-54-55(62-57(59)51-48-45-42-39-36-32-24-21-18-15-12-9-6-3)53-60-52-49-46-43-40-37-34-31-28-26-23-20-17-14-11-8-5-2/h7-12,16-21,25-28,32,36,55H,4-6,13-15,22-24,29-31,33-35,37-54H2,1-3H3/b10-7-,11-8-,12-9-,19-16-,20-17-,21-18-,27-25-,28-26-,36-32-. The topological polar surface area (TPSA) is 61.8 Å². The Kier molecular flexibility index (Phi) is 49.0. The average molecular weight is 859 g/mol. The van der Waals surface area contributed by atoms with Gasteiger partial charge in [0.1, 0.15) is 6.61 Å². The molecule has 62 heavy (non-hydrogen) atoms.